The lowest BCUT2D eigenvalue weighted by Crippen LogP contribution is -2.40. The van der Waals surface area contributed by atoms with Crippen molar-refractivity contribution in [2.75, 3.05) is 27.7 Å². The second-order valence-corrected chi connectivity index (χ2v) is 6.05. The monoisotopic (exact) mass is 290 g/mol. The van der Waals surface area contributed by atoms with Crippen LogP contribution in [0.15, 0.2) is 24.3 Å². The molecule has 0 heterocycles. The van der Waals surface area contributed by atoms with Gasteiger partial charge in [0.2, 0.25) is 5.91 Å². The molecule has 4 heteroatoms. The largest absolute Gasteiger partial charge is 0.496 e. The van der Waals surface area contributed by atoms with Gasteiger partial charge in [-0.3, -0.25) is 9.69 Å². The number of likely N-dealkylation sites (N-methyl/N-ethyl adjacent to an activating group) is 2. The zero-order valence-electron chi connectivity index (χ0n) is 13.5. The van der Waals surface area contributed by atoms with Gasteiger partial charge in [-0.05, 0) is 38.8 Å². The quantitative estimate of drug-likeness (QED) is 0.773. The van der Waals surface area contributed by atoms with E-state index in [0.29, 0.717) is 19.1 Å². The minimum Gasteiger partial charge on any atom is -0.496 e. The third-order valence-corrected chi connectivity index (χ3v) is 4.41. The van der Waals surface area contributed by atoms with Crippen molar-refractivity contribution in [3.8, 4) is 5.75 Å². The Labute approximate surface area is 127 Å². The molecule has 0 aliphatic heterocycles. The van der Waals surface area contributed by atoms with Gasteiger partial charge in [0.25, 0.3) is 0 Å². The van der Waals surface area contributed by atoms with Crippen LogP contribution in [0.25, 0.3) is 0 Å². The maximum Gasteiger partial charge on any atom is 0.236 e. The molecule has 1 fully saturated rings. The van der Waals surface area contributed by atoms with E-state index in [1.807, 2.05) is 38.4 Å². The number of carbonyl (C=O) groups is 1. The van der Waals surface area contributed by atoms with E-state index in [0.717, 1.165) is 17.2 Å². The summed E-state index contributed by atoms with van der Waals surface area (Å²) >= 11 is 0. The van der Waals surface area contributed by atoms with Crippen LogP contribution in [0.3, 0.4) is 0 Å². The number of methoxy groups -OCH3 is 1. The van der Waals surface area contributed by atoms with Crippen LogP contribution in [-0.4, -0.2) is 49.5 Å². The Morgan fingerprint density at radius 1 is 1.33 bits per heavy atom. The summed E-state index contributed by atoms with van der Waals surface area (Å²) in [5.74, 6) is 1.76. The van der Waals surface area contributed by atoms with Crippen LogP contribution in [0.1, 0.15) is 25.3 Å². The van der Waals surface area contributed by atoms with Crippen LogP contribution in [0, 0.1) is 5.92 Å². The molecule has 4 nitrogen and oxygen atoms in total. The number of para-hydroxylation sites is 1. The van der Waals surface area contributed by atoms with Crippen molar-refractivity contribution in [3.63, 3.8) is 0 Å². The second kappa shape index (κ2) is 6.94. The smallest absolute Gasteiger partial charge is 0.236 e. The molecule has 1 aliphatic rings. The van der Waals surface area contributed by atoms with Gasteiger partial charge in [0, 0.05) is 25.2 Å². The average Bonchev–Trinajstić information content (AvgIpc) is 3.31. The molecule has 1 amide bonds. The average molecular weight is 290 g/mol. The Balaban J connectivity index is 1.89. The molecule has 1 aromatic carbocycles. The van der Waals surface area contributed by atoms with Crippen LogP contribution >= 0.6 is 0 Å². The number of nitrogens with zero attached hydrogens (tertiary/aromatic N) is 2. The molecule has 0 saturated heterocycles. The zero-order valence-corrected chi connectivity index (χ0v) is 13.5. The number of carbonyl (C=O) groups excluding carboxylic acids is 1. The molecule has 0 bridgehead atoms. The number of ether oxygens (including phenoxy) is 1. The fraction of sp³-hybridized carbons (Fsp3) is 0.588. The second-order valence-electron chi connectivity index (χ2n) is 6.05. The summed E-state index contributed by atoms with van der Waals surface area (Å²) in [7, 11) is 5.55. The van der Waals surface area contributed by atoms with Gasteiger partial charge in [-0.2, -0.15) is 0 Å². The standard InChI is InChI=1S/C17H26N2O2/c1-13(14-9-10-14)18(2)12-17(20)19(3)11-15-7-5-6-8-16(15)21-4/h5-8,13-14H,9-12H2,1-4H3. The van der Waals surface area contributed by atoms with Crippen molar-refractivity contribution < 1.29 is 9.53 Å². The molecule has 1 atom stereocenters. The van der Waals surface area contributed by atoms with Gasteiger partial charge >= 0.3 is 0 Å². The number of benzene rings is 1. The number of hydrogen-bond acceptors (Lipinski definition) is 3. The number of rotatable bonds is 7. The summed E-state index contributed by atoms with van der Waals surface area (Å²) in [4.78, 5) is 16.3. The SMILES string of the molecule is COc1ccccc1CN(C)C(=O)CN(C)C(C)C1CC1. The van der Waals surface area contributed by atoms with Crippen LogP contribution in [0.4, 0.5) is 0 Å². The molecule has 0 aromatic heterocycles. The Morgan fingerprint density at radius 2 is 2.00 bits per heavy atom. The lowest BCUT2D eigenvalue weighted by molar-refractivity contribution is -0.131. The molecule has 0 radical (unpaired) electrons. The van der Waals surface area contributed by atoms with Gasteiger partial charge in [-0.15, -0.1) is 0 Å². The Bertz CT molecular complexity index is 485. The summed E-state index contributed by atoms with van der Waals surface area (Å²) in [6.45, 7) is 3.27. The molecule has 21 heavy (non-hydrogen) atoms. The molecule has 1 unspecified atom stereocenters. The van der Waals surface area contributed by atoms with Crippen molar-refractivity contribution in [2.45, 2.75) is 32.4 Å². The van der Waals surface area contributed by atoms with Gasteiger partial charge in [0.1, 0.15) is 5.75 Å². The van der Waals surface area contributed by atoms with E-state index in [2.05, 4.69) is 11.8 Å². The van der Waals surface area contributed by atoms with Gasteiger partial charge in [-0.25, -0.2) is 0 Å². The summed E-state index contributed by atoms with van der Waals surface area (Å²) in [5.41, 5.74) is 1.04. The van der Waals surface area contributed by atoms with Gasteiger partial charge < -0.3 is 9.64 Å². The summed E-state index contributed by atoms with van der Waals surface area (Å²) in [5, 5.41) is 0. The lowest BCUT2D eigenvalue weighted by Gasteiger charge is -2.27. The summed E-state index contributed by atoms with van der Waals surface area (Å²) in [6.07, 6.45) is 2.60. The predicted octanol–water partition coefficient (Wildman–Crippen LogP) is 2.38. The minimum absolute atomic E-state index is 0.149. The first kappa shape index (κ1) is 15.8. The number of hydrogen-bond donors (Lipinski definition) is 0. The molecule has 0 spiro atoms. The molecule has 116 valence electrons. The van der Waals surface area contributed by atoms with Crippen LogP contribution < -0.4 is 4.74 Å². The maximum atomic E-state index is 12.3. The van der Waals surface area contributed by atoms with E-state index in [4.69, 9.17) is 4.74 Å². The van der Waals surface area contributed by atoms with Gasteiger partial charge in [0.05, 0.1) is 13.7 Å². The van der Waals surface area contributed by atoms with E-state index < -0.39 is 0 Å². The minimum atomic E-state index is 0.149. The van der Waals surface area contributed by atoms with Crippen molar-refractivity contribution in [1.82, 2.24) is 9.80 Å². The predicted molar refractivity (Wildman–Crippen MR) is 84.3 cm³/mol. The molecule has 1 aliphatic carbocycles. The highest BCUT2D eigenvalue weighted by Gasteiger charge is 2.31. The van der Waals surface area contributed by atoms with Gasteiger partial charge in [-0.1, -0.05) is 18.2 Å². The zero-order chi connectivity index (χ0) is 15.4. The van der Waals surface area contributed by atoms with Crippen LogP contribution in [0.5, 0.6) is 5.75 Å². The number of amides is 1. The van der Waals surface area contributed by atoms with E-state index in [1.165, 1.54) is 12.8 Å². The van der Waals surface area contributed by atoms with Crippen molar-refractivity contribution >= 4 is 5.91 Å². The first-order valence-electron chi connectivity index (χ1n) is 7.59. The van der Waals surface area contributed by atoms with Crippen LogP contribution in [0.2, 0.25) is 0 Å². The van der Waals surface area contributed by atoms with Crippen molar-refractivity contribution in [1.29, 1.82) is 0 Å². The Kier molecular flexibility index (Phi) is 5.23. The van der Waals surface area contributed by atoms with E-state index in [1.54, 1.807) is 12.0 Å². The Hall–Kier alpha value is -1.55. The summed E-state index contributed by atoms with van der Waals surface area (Å²) < 4.78 is 5.34. The van der Waals surface area contributed by atoms with Crippen molar-refractivity contribution in [2.24, 2.45) is 5.92 Å². The topological polar surface area (TPSA) is 32.8 Å². The van der Waals surface area contributed by atoms with E-state index in [9.17, 15) is 4.79 Å². The first-order chi connectivity index (χ1) is 10.0. The third kappa shape index (κ3) is 4.21. The molecule has 1 aromatic rings. The van der Waals surface area contributed by atoms with Gasteiger partial charge in [0.15, 0.2) is 0 Å². The van der Waals surface area contributed by atoms with E-state index in [-0.39, 0.29) is 5.91 Å². The fourth-order valence-corrected chi connectivity index (χ4v) is 2.59. The molecule has 0 N–H and O–H groups in total. The summed E-state index contributed by atoms with van der Waals surface area (Å²) in [6, 6.07) is 8.33. The maximum absolute atomic E-state index is 12.3. The molecule has 2 rings (SSSR count). The highest BCUT2D eigenvalue weighted by atomic mass is 16.5. The fourth-order valence-electron chi connectivity index (χ4n) is 2.59. The third-order valence-electron chi connectivity index (χ3n) is 4.41. The van der Waals surface area contributed by atoms with E-state index >= 15 is 0 Å². The molecular weight excluding hydrogens is 264 g/mol. The molecular formula is C17H26N2O2. The van der Waals surface area contributed by atoms with Crippen molar-refractivity contribution in [3.05, 3.63) is 29.8 Å². The highest BCUT2D eigenvalue weighted by Crippen LogP contribution is 2.34. The lowest BCUT2D eigenvalue weighted by atomic mass is 10.2. The normalized spacial score (nSPS) is 15.9. The highest BCUT2D eigenvalue weighted by molar-refractivity contribution is 5.78. The Morgan fingerprint density at radius 3 is 2.62 bits per heavy atom. The molecule has 1 saturated carbocycles. The first-order valence-corrected chi connectivity index (χ1v) is 7.59. The van der Waals surface area contributed by atoms with Crippen LogP contribution in [-0.2, 0) is 11.3 Å².